The molecule has 0 aliphatic carbocycles. The number of nitrogens with zero attached hydrogens (tertiary/aromatic N) is 4. The van der Waals surface area contributed by atoms with E-state index in [0.717, 1.165) is 12.1 Å². The van der Waals surface area contributed by atoms with Gasteiger partial charge in [-0.05, 0) is 48.8 Å². The summed E-state index contributed by atoms with van der Waals surface area (Å²) in [5.41, 5.74) is -0.768. The molecule has 3 saturated heterocycles. The van der Waals surface area contributed by atoms with Gasteiger partial charge in [-0.2, -0.15) is 35.5 Å². The maximum atomic E-state index is 13.6. The maximum Gasteiger partial charge on any atom is 0.416 e. The van der Waals surface area contributed by atoms with Crippen LogP contribution in [0.2, 0.25) is 0 Å². The Hall–Kier alpha value is -2.69. The van der Waals surface area contributed by atoms with E-state index in [2.05, 4.69) is 11.4 Å². The van der Waals surface area contributed by atoms with Gasteiger partial charge in [-0.1, -0.05) is 32.9 Å². The highest BCUT2D eigenvalue weighted by Gasteiger charge is 2.44. The molecule has 0 saturated carbocycles. The van der Waals surface area contributed by atoms with E-state index < -0.39 is 45.4 Å². The Bertz CT molecular complexity index is 1250. The zero-order valence-corrected chi connectivity index (χ0v) is 23.8. The number of halogens is 3. The van der Waals surface area contributed by atoms with Gasteiger partial charge >= 0.3 is 6.18 Å². The second-order valence-electron chi connectivity index (χ2n) is 12.0. The summed E-state index contributed by atoms with van der Waals surface area (Å²) in [7, 11) is -3.77. The highest BCUT2D eigenvalue weighted by molar-refractivity contribution is 7.86. The lowest BCUT2D eigenvalue weighted by Crippen LogP contribution is -2.57. The number of rotatable bonds is 6. The standard InChI is InChI=1S/C27H36F3N5O4S/c1-26(2,3)23(19-8-10-21(11-9-19)27(28,29)30)32-24(36)22-7-5-13-35(22)25(37)20-6-4-12-33(17-20)40(38,39)34-15-18(14-31)16-34/h8-11,18,20,22-23H,4-7,12-13,15-17H2,1-3H3,(H,32,36)/t20-,22+,23-/m0/s1. The Balaban J connectivity index is 1.44. The summed E-state index contributed by atoms with van der Waals surface area (Å²) in [6.45, 7) is 6.62. The molecule has 0 spiro atoms. The molecule has 1 N–H and O–H groups in total. The van der Waals surface area contributed by atoms with Crippen molar-refractivity contribution in [3.63, 3.8) is 0 Å². The summed E-state index contributed by atoms with van der Waals surface area (Å²) in [6.07, 6.45) is -2.39. The first-order valence-corrected chi connectivity index (χ1v) is 15.0. The Morgan fingerprint density at radius 1 is 1.00 bits per heavy atom. The molecule has 40 heavy (non-hydrogen) atoms. The molecule has 3 atom stereocenters. The molecule has 0 bridgehead atoms. The largest absolute Gasteiger partial charge is 0.416 e. The predicted octanol–water partition coefficient (Wildman–Crippen LogP) is 3.31. The second-order valence-corrected chi connectivity index (χ2v) is 13.9. The molecule has 4 rings (SSSR count). The van der Waals surface area contributed by atoms with Crippen LogP contribution in [0, 0.1) is 28.6 Å². The first kappa shape index (κ1) is 30.3. The average Bonchev–Trinajstić information content (AvgIpc) is 3.35. The van der Waals surface area contributed by atoms with Gasteiger partial charge in [-0.3, -0.25) is 9.59 Å². The van der Waals surface area contributed by atoms with E-state index in [1.165, 1.54) is 25.6 Å². The quantitative estimate of drug-likeness (QED) is 0.552. The van der Waals surface area contributed by atoms with E-state index in [-0.39, 0.29) is 37.4 Å². The topological polar surface area (TPSA) is 114 Å². The molecule has 3 aliphatic rings. The van der Waals surface area contributed by atoms with Crippen molar-refractivity contribution in [1.82, 2.24) is 18.8 Å². The first-order valence-electron chi connectivity index (χ1n) is 13.6. The highest BCUT2D eigenvalue weighted by Crippen LogP contribution is 2.36. The monoisotopic (exact) mass is 583 g/mol. The average molecular weight is 584 g/mol. The van der Waals surface area contributed by atoms with Gasteiger partial charge in [0.15, 0.2) is 0 Å². The van der Waals surface area contributed by atoms with Gasteiger partial charge in [-0.15, -0.1) is 0 Å². The molecule has 0 aromatic heterocycles. The smallest absolute Gasteiger partial charge is 0.347 e. The molecule has 3 aliphatic heterocycles. The molecule has 2 amide bonds. The minimum atomic E-state index is -4.47. The molecule has 13 heteroatoms. The van der Waals surface area contributed by atoms with Crippen LogP contribution in [0.15, 0.2) is 24.3 Å². The molecule has 220 valence electrons. The Kier molecular flexibility index (Phi) is 8.55. The third-order valence-corrected chi connectivity index (χ3v) is 9.91. The third kappa shape index (κ3) is 6.29. The van der Waals surface area contributed by atoms with Crippen molar-refractivity contribution in [1.29, 1.82) is 5.26 Å². The number of likely N-dealkylation sites (tertiary alicyclic amines) is 1. The number of nitriles is 1. The van der Waals surface area contributed by atoms with Crippen LogP contribution in [0.25, 0.3) is 0 Å². The highest BCUT2D eigenvalue weighted by atomic mass is 32.2. The lowest BCUT2D eigenvalue weighted by atomic mass is 9.82. The molecule has 0 unspecified atom stereocenters. The van der Waals surface area contributed by atoms with Crippen molar-refractivity contribution in [2.24, 2.45) is 17.3 Å². The number of alkyl halides is 3. The van der Waals surface area contributed by atoms with E-state index in [4.69, 9.17) is 5.26 Å². The van der Waals surface area contributed by atoms with Gasteiger partial charge in [0.1, 0.15) is 6.04 Å². The SMILES string of the molecule is CC(C)(C)[C@@H](NC(=O)[C@H]1CCCN1C(=O)[C@H]1CCCN(S(=O)(=O)N2CC(C#N)C2)C1)c1ccc(C(F)(F)F)cc1. The minimum absolute atomic E-state index is 0.0237. The molecule has 0 radical (unpaired) electrons. The number of nitrogens with one attached hydrogen (secondary N) is 1. The van der Waals surface area contributed by atoms with Gasteiger partial charge in [0.25, 0.3) is 10.2 Å². The fourth-order valence-electron chi connectivity index (χ4n) is 5.67. The number of carbonyl (C=O) groups is 2. The molecule has 9 nitrogen and oxygen atoms in total. The van der Waals surface area contributed by atoms with E-state index in [0.29, 0.717) is 44.3 Å². The Morgan fingerprint density at radius 3 is 2.20 bits per heavy atom. The van der Waals surface area contributed by atoms with E-state index in [1.54, 1.807) is 0 Å². The molecule has 3 fully saturated rings. The summed E-state index contributed by atoms with van der Waals surface area (Å²) in [5.74, 6) is -1.55. The lowest BCUT2D eigenvalue weighted by molar-refractivity contribution is -0.143. The summed E-state index contributed by atoms with van der Waals surface area (Å²) < 4.78 is 67.8. The van der Waals surface area contributed by atoms with E-state index >= 15 is 0 Å². The maximum absolute atomic E-state index is 13.6. The zero-order chi connectivity index (χ0) is 29.5. The van der Waals surface area contributed by atoms with Crippen LogP contribution in [0.1, 0.15) is 63.6 Å². The zero-order valence-electron chi connectivity index (χ0n) is 22.9. The summed E-state index contributed by atoms with van der Waals surface area (Å²) in [5, 5.41) is 12.0. The lowest BCUT2D eigenvalue weighted by Gasteiger charge is -2.41. The second kappa shape index (κ2) is 11.3. The summed E-state index contributed by atoms with van der Waals surface area (Å²) >= 11 is 0. The number of piperidine rings is 1. The summed E-state index contributed by atoms with van der Waals surface area (Å²) in [6, 6.07) is 5.44. The van der Waals surface area contributed by atoms with Crippen molar-refractivity contribution >= 4 is 22.0 Å². The van der Waals surface area contributed by atoms with Gasteiger partial charge < -0.3 is 10.2 Å². The normalized spacial score (nSPS) is 24.3. The van der Waals surface area contributed by atoms with Crippen molar-refractivity contribution in [3.05, 3.63) is 35.4 Å². The van der Waals surface area contributed by atoms with Gasteiger partial charge in [0.05, 0.1) is 29.5 Å². The number of hydrogen-bond acceptors (Lipinski definition) is 5. The van der Waals surface area contributed by atoms with Crippen LogP contribution in [0.3, 0.4) is 0 Å². The number of hydrogen-bond donors (Lipinski definition) is 1. The fraction of sp³-hybridized carbons (Fsp3) is 0.667. The first-order chi connectivity index (χ1) is 18.6. The molecule has 1 aromatic rings. The van der Waals surface area contributed by atoms with E-state index in [9.17, 15) is 31.2 Å². The van der Waals surface area contributed by atoms with Gasteiger partial charge in [0, 0.05) is 32.7 Å². The van der Waals surface area contributed by atoms with Crippen molar-refractivity contribution < 1.29 is 31.2 Å². The van der Waals surface area contributed by atoms with Crippen LogP contribution >= 0.6 is 0 Å². The van der Waals surface area contributed by atoms with Crippen LogP contribution in [-0.2, 0) is 26.0 Å². The fourth-order valence-corrected chi connectivity index (χ4v) is 7.46. The van der Waals surface area contributed by atoms with Crippen molar-refractivity contribution in [2.75, 3.05) is 32.7 Å². The van der Waals surface area contributed by atoms with Crippen LogP contribution in [-0.4, -0.2) is 72.5 Å². The van der Waals surface area contributed by atoms with E-state index in [1.807, 2.05) is 20.8 Å². The molecular formula is C27H36F3N5O4S. The van der Waals surface area contributed by atoms with Crippen LogP contribution in [0.4, 0.5) is 13.2 Å². The van der Waals surface area contributed by atoms with Crippen molar-refractivity contribution in [3.8, 4) is 6.07 Å². The third-order valence-electron chi connectivity index (χ3n) is 7.98. The van der Waals surface area contributed by atoms with Crippen LogP contribution < -0.4 is 5.32 Å². The predicted molar refractivity (Wildman–Crippen MR) is 140 cm³/mol. The molecule has 3 heterocycles. The van der Waals surface area contributed by atoms with Gasteiger partial charge in [0.2, 0.25) is 11.8 Å². The Labute approximate surface area is 233 Å². The van der Waals surface area contributed by atoms with Gasteiger partial charge in [-0.25, -0.2) is 0 Å². The van der Waals surface area contributed by atoms with Crippen LogP contribution in [0.5, 0.6) is 0 Å². The Morgan fingerprint density at radius 2 is 1.62 bits per heavy atom. The van der Waals surface area contributed by atoms with Crippen molar-refractivity contribution in [2.45, 2.75) is 64.7 Å². The number of carbonyl (C=O) groups excluding carboxylic acids is 2. The minimum Gasteiger partial charge on any atom is -0.347 e. The molecular weight excluding hydrogens is 547 g/mol. The number of amides is 2. The number of benzene rings is 1. The summed E-state index contributed by atoms with van der Waals surface area (Å²) in [4.78, 5) is 28.6. The molecule has 1 aromatic carbocycles.